The summed E-state index contributed by atoms with van der Waals surface area (Å²) < 4.78 is 5.29. The number of amides is 1. The summed E-state index contributed by atoms with van der Waals surface area (Å²) in [5.74, 6) is 0.192. The molecule has 3 aromatic carbocycles. The number of non-ortho nitro benzene ring substituents is 1. The van der Waals surface area contributed by atoms with Gasteiger partial charge in [0.2, 0.25) is 5.91 Å². The Morgan fingerprint density at radius 2 is 1.89 bits per heavy atom. The van der Waals surface area contributed by atoms with Crippen LogP contribution >= 0.6 is 0 Å². The highest BCUT2D eigenvalue weighted by atomic mass is 16.6. The van der Waals surface area contributed by atoms with Crippen LogP contribution in [0.2, 0.25) is 0 Å². The van der Waals surface area contributed by atoms with E-state index < -0.39 is 0 Å². The molecule has 0 saturated carbocycles. The molecule has 0 unspecified atom stereocenters. The van der Waals surface area contributed by atoms with Gasteiger partial charge in [-0.25, -0.2) is 0 Å². The molecule has 1 amide bonds. The molecule has 1 N–H and O–H groups in total. The maximum Gasteiger partial charge on any atom is 0.269 e. The van der Waals surface area contributed by atoms with E-state index in [0.29, 0.717) is 24.4 Å². The van der Waals surface area contributed by atoms with E-state index in [9.17, 15) is 14.9 Å². The number of fused-ring (bicyclic) bond motifs is 3. The molecule has 180 valence electrons. The average molecular weight is 473 g/mol. The number of nitrogens with zero attached hydrogens (tertiary/aromatic N) is 3. The molecule has 3 aromatic rings. The van der Waals surface area contributed by atoms with Crippen LogP contribution in [-0.2, 0) is 11.2 Å². The predicted octanol–water partition coefficient (Wildman–Crippen LogP) is 4.42. The van der Waals surface area contributed by atoms with Crippen molar-refractivity contribution in [3.05, 3.63) is 88.0 Å². The molecule has 0 aromatic heterocycles. The zero-order valence-corrected chi connectivity index (χ0v) is 19.8. The molecule has 0 spiro atoms. The van der Waals surface area contributed by atoms with Crippen molar-refractivity contribution < 1.29 is 14.5 Å². The van der Waals surface area contributed by atoms with Crippen LogP contribution in [0.15, 0.2) is 66.7 Å². The van der Waals surface area contributed by atoms with Gasteiger partial charge in [0.25, 0.3) is 5.69 Å². The highest BCUT2D eigenvalue weighted by Crippen LogP contribution is 2.39. The van der Waals surface area contributed by atoms with E-state index in [-0.39, 0.29) is 28.5 Å². The Hall–Kier alpha value is -4.07. The Labute approximate surface area is 204 Å². The van der Waals surface area contributed by atoms with E-state index in [1.54, 1.807) is 25.3 Å². The van der Waals surface area contributed by atoms with Crippen LogP contribution in [0.1, 0.15) is 11.1 Å². The zero-order valence-electron chi connectivity index (χ0n) is 19.8. The largest absolute Gasteiger partial charge is 0.497 e. The molecule has 8 nitrogen and oxygen atoms in total. The summed E-state index contributed by atoms with van der Waals surface area (Å²) in [6, 6.07) is 20.7. The number of ether oxygens (including phenoxy) is 1. The number of carbonyl (C=O) groups is 1. The van der Waals surface area contributed by atoms with E-state index in [1.807, 2.05) is 24.3 Å². The molecule has 35 heavy (non-hydrogen) atoms. The third-order valence-corrected chi connectivity index (χ3v) is 6.98. The number of nitrogens with one attached hydrogen (secondary N) is 1. The molecular weight excluding hydrogens is 444 g/mol. The molecule has 1 fully saturated rings. The number of carbonyl (C=O) groups excluding carboxylic acids is 1. The lowest BCUT2D eigenvalue weighted by molar-refractivity contribution is -0.384. The Morgan fingerprint density at radius 1 is 1.09 bits per heavy atom. The molecule has 2 aliphatic rings. The van der Waals surface area contributed by atoms with Gasteiger partial charge >= 0.3 is 0 Å². The predicted molar refractivity (Wildman–Crippen MR) is 136 cm³/mol. The van der Waals surface area contributed by atoms with Crippen LogP contribution in [-0.4, -0.2) is 43.6 Å². The summed E-state index contributed by atoms with van der Waals surface area (Å²) in [5, 5.41) is 14.5. The van der Waals surface area contributed by atoms with Crippen LogP contribution in [0.3, 0.4) is 0 Å². The summed E-state index contributed by atoms with van der Waals surface area (Å²) in [7, 11) is 1.59. The fraction of sp³-hybridized carbons (Fsp3) is 0.296. The Morgan fingerprint density at radius 3 is 2.63 bits per heavy atom. The van der Waals surface area contributed by atoms with E-state index in [2.05, 4.69) is 46.3 Å². The van der Waals surface area contributed by atoms with Crippen molar-refractivity contribution in [1.29, 1.82) is 0 Å². The Kier molecular flexibility index (Phi) is 6.03. The molecule has 0 aliphatic carbocycles. The highest BCUT2D eigenvalue weighted by Gasteiger charge is 2.42. The number of rotatable bonds is 5. The maximum absolute atomic E-state index is 13.6. The van der Waals surface area contributed by atoms with Crippen molar-refractivity contribution in [3.8, 4) is 5.75 Å². The number of anilines is 3. The third-order valence-electron chi connectivity index (χ3n) is 6.98. The molecule has 1 saturated heterocycles. The van der Waals surface area contributed by atoms with Crippen LogP contribution in [0.5, 0.6) is 5.75 Å². The molecule has 2 heterocycles. The number of aryl methyl sites for hydroxylation is 1. The minimum absolute atomic E-state index is 0.0486. The Bertz CT molecular complexity index is 1260. The standard InChI is InChI=1S/C27H28N4O4/c1-18-6-8-21(9-7-18)29-12-13-30-25-11-10-22(31(33)34)14-19(25)15-24(26(30)17-29)27(32)28-20-4-3-5-23(16-20)35-2/h3-11,14,16,24,26H,12-13,15,17H2,1-2H3,(H,28,32)/t24-,26-/m1/s1. The molecule has 2 aliphatic heterocycles. The normalized spacial score (nSPS) is 18.9. The lowest BCUT2D eigenvalue weighted by Gasteiger charge is -2.49. The van der Waals surface area contributed by atoms with Gasteiger partial charge in [-0.2, -0.15) is 0 Å². The number of hydrogen-bond acceptors (Lipinski definition) is 6. The van der Waals surface area contributed by atoms with Gasteiger partial charge in [0.1, 0.15) is 5.75 Å². The summed E-state index contributed by atoms with van der Waals surface area (Å²) in [6.07, 6.45) is 0.440. The van der Waals surface area contributed by atoms with Gasteiger partial charge in [-0.05, 0) is 49.2 Å². The van der Waals surface area contributed by atoms with Gasteiger partial charge in [-0.1, -0.05) is 23.8 Å². The molecule has 0 radical (unpaired) electrons. The van der Waals surface area contributed by atoms with Gasteiger partial charge in [0.05, 0.1) is 24.0 Å². The Balaban J connectivity index is 1.47. The number of nitro groups is 1. The third kappa shape index (κ3) is 4.51. The first-order valence-electron chi connectivity index (χ1n) is 11.7. The lowest BCUT2D eigenvalue weighted by Crippen LogP contribution is -2.60. The molecule has 5 rings (SSSR count). The highest BCUT2D eigenvalue weighted by molar-refractivity contribution is 5.94. The lowest BCUT2D eigenvalue weighted by atomic mass is 9.83. The number of nitro benzene ring substituents is 1. The smallest absolute Gasteiger partial charge is 0.269 e. The van der Waals surface area contributed by atoms with Crippen molar-refractivity contribution in [2.45, 2.75) is 19.4 Å². The number of hydrogen-bond donors (Lipinski definition) is 1. The summed E-state index contributed by atoms with van der Waals surface area (Å²) in [6.45, 7) is 4.29. The van der Waals surface area contributed by atoms with Crippen LogP contribution in [0.25, 0.3) is 0 Å². The maximum atomic E-state index is 13.6. The van der Waals surface area contributed by atoms with Crippen molar-refractivity contribution in [1.82, 2.24) is 0 Å². The van der Waals surface area contributed by atoms with E-state index in [4.69, 9.17) is 4.74 Å². The van der Waals surface area contributed by atoms with Gasteiger partial charge in [-0.3, -0.25) is 14.9 Å². The first-order chi connectivity index (χ1) is 16.9. The topological polar surface area (TPSA) is 87.9 Å². The van der Waals surface area contributed by atoms with Gasteiger partial charge < -0.3 is 19.9 Å². The molecule has 8 heteroatoms. The van der Waals surface area contributed by atoms with Crippen molar-refractivity contribution >= 4 is 28.7 Å². The minimum Gasteiger partial charge on any atom is -0.497 e. The van der Waals surface area contributed by atoms with Crippen LogP contribution in [0, 0.1) is 23.0 Å². The van der Waals surface area contributed by atoms with Crippen molar-refractivity contribution in [2.75, 3.05) is 41.9 Å². The van der Waals surface area contributed by atoms with Gasteiger partial charge in [0.15, 0.2) is 0 Å². The van der Waals surface area contributed by atoms with Crippen molar-refractivity contribution in [3.63, 3.8) is 0 Å². The first kappa shape index (κ1) is 22.7. The second-order valence-corrected chi connectivity index (χ2v) is 9.14. The molecular formula is C27H28N4O4. The molecule has 0 bridgehead atoms. The van der Waals surface area contributed by atoms with Gasteiger partial charge in [0, 0.05) is 54.9 Å². The summed E-state index contributed by atoms with van der Waals surface area (Å²) in [4.78, 5) is 29.2. The second kappa shape index (κ2) is 9.29. The van der Waals surface area contributed by atoms with E-state index in [0.717, 1.165) is 30.0 Å². The zero-order chi connectivity index (χ0) is 24.5. The second-order valence-electron chi connectivity index (χ2n) is 9.14. The fourth-order valence-corrected chi connectivity index (χ4v) is 5.15. The quantitative estimate of drug-likeness (QED) is 0.437. The van der Waals surface area contributed by atoms with Gasteiger partial charge in [-0.15, -0.1) is 0 Å². The monoisotopic (exact) mass is 472 g/mol. The number of methoxy groups -OCH3 is 1. The SMILES string of the molecule is COc1cccc(NC(=O)[C@@H]2Cc3cc([N+](=O)[O-])ccc3N3CCN(c4ccc(C)cc4)C[C@H]23)c1. The first-order valence-corrected chi connectivity index (χ1v) is 11.7. The number of benzene rings is 3. The summed E-state index contributed by atoms with van der Waals surface area (Å²) in [5.41, 5.74) is 4.87. The van der Waals surface area contributed by atoms with E-state index in [1.165, 1.54) is 5.56 Å². The minimum atomic E-state index is -0.382. The average Bonchev–Trinajstić information content (AvgIpc) is 2.88. The van der Waals surface area contributed by atoms with E-state index >= 15 is 0 Å². The number of piperazine rings is 1. The molecule has 2 atom stereocenters. The van der Waals surface area contributed by atoms with Crippen LogP contribution in [0.4, 0.5) is 22.7 Å². The van der Waals surface area contributed by atoms with Crippen molar-refractivity contribution in [2.24, 2.45) is 5.92 Å². The summed E-state index contributed by atoms with van der Waals surface area (Å²) >= 11 is 0. The fourth-order valence-electron chi connectivity index (χ4n) is 5.15. The van der Waals surface area contributed by atoms with Crippen LogP contribution < -0.4 is 19.9 Å².